The number of nitrogens with one attached hydrogen (secondary N) is 1. The van der Waals surface area contributed by atoms with Crippen LogP contribution in [0.1, 0.15) is 35.3 Å². The van der Waals surface area contributed by atoms with Crippen molar-refractivity contribution in [3.63, 3.8) is 0 Å². The molecule has 2 amide bonds. The molecule has 9 heteroatoms. The molecule has 2 aromatic heterocycles. The molecule has 0 bridgehead atoms. The van der Waals surface area contributed by atoms with Gasteiger partial charge in [0.15, 0.2) is 0 Å². The largest absolute Gasteiger partial charge is 0.348 e. The molecule has 1 saturated heterocycles. The van der Waals surface area contributed by atoms with Gasteiger partial charge in [-0.25, -0.2) is 9.37 Å². The zero-order valence-corrected chi connectivity index (χ0v) is 18.3. The number of pyridine rings is 2. The molecule has 0 spiro atoms. The van der Waals surface area contributed by atoms with E-state index in [2.05, 4.69) is 24.1 Å². The van der Waals surface area contributed by atoms with Crippen LogP contribution in [0.2, 0.25) is 0 Å². The number of aromatic nitrogens is 2. The normalized spacial score (nSPS) is 14.4. The SMILES string of the molecule is CC1(C)CN(C(=O)Cn2c(=O)c(C(=O)NCc3ccc(C#N)c(F)c3)cc3cccnc32)C1. The molecule has 0 radical (unpaired) electrons. The predicted octanol–water partition coefficient (Wildman–Crippen LogP) is 2.21. The van der Waals surface area contributed by atoms with Crippen LogP contribution in [0.25, 0.3) is 11.0 Å². The molecule has 1 aromatic carbocycles. The average molecular weight is 447 g/mol. The van der Waals surface area contributed by atoms with Crippen molar-refractivity contribution < 1.29 is 14.0 Å². The van der Waals surface area contributed by atoms with E-state index < -0.39 is 17.3 Å². The number of carbonyl (C=O) groups is 2. The van der Waals surface area contributed by atoms with Crippen molar-refractivity contribution in [2.75, 3.05) is 13.1 Å². The van der Waals surface area contributed by atoms with E-state index in [0.717, 1.165) is 6.07 Å². The Morgan fingerprint density at radius 2 is 2.00 bits per heavy atom. The van der Waals surface area contributed by atoms with Gasteiger partial charge in [-0.2, -0.15) is 5.26 Å². The smallest absolute Gasteiger partial charge is 0.265 e. The molecule has 0 atom stereocenters. The van der Waals surface area contributed by atoms with Gasteiger partial charge in [0.05, 0.1) is 5.56 Å². The van der Waals surface area contributed by atoms with E-state index in [1.165, 1.54) is 29.0 Å². The molecule has 0 aliphatic carbocycles. The minimum atomic E-state index is -0.684. The number of hydrogen-bond donors (Lipinski definition) is 1. The molecule has 3 heterocycles. The number of likely N-dealkylation sites (tertiary alicyclic amines) is 1. The monoisotopic (exact) mass is 447 g/mol. The molecule has 33 heavy (non-hydrogen) atoms. The van der Waals surface area contributed by atoms with E-state index in [1.807, 2.05) is 0 Å². The Morgan fingerprint density at radius 3 is 2.67 bits per heavy atom. The van der Waals surface area contributed by atoms with Crippen molar-refractivity contribution in [1.29, 1.82) is 5.26 Å². The van der Waals surface area contributed by atoms with Crippen molar-refractivity contribution in [2.45, 2.75) is 26.9 Å². The Labute approximate surface area is 189 Å². The van der Waals surface area contributed by atoms with Crippen LogP contribution in [0.4, 0.5) is 4.39 Å². The molecular weight excluding hydrogens is 425 g/mol. The first kappa shape index (κ1) is 22.1. The maximum Gasteiger partial charge on any atom is 0.265 e. The third-order valence-electron chi connectivity index (χ3n) is 5.58. The van der Waals surface area contributed by atoms with E-state index in [4.69, 9.17) is 5.26 Å². The van der Waals surface area contributed by atoms with Crippen LogP contribution >= 0.6 is 0 Å². The number of fused-ring (bicyclic) bond motifs is 1. The standard InChI is InChI=1S/C24H22FN5O3/c1-24(2)13-29(14-24)20(31)12-30-21-16(4-3-7-27-21)9-18(23(30)33)22(32)28-11-15-5-6-17(10-26)19(25)8-15/h3-9H,11-14H2,1-2H3,(H,28,32). The molecule has 8 nitrogen and oxygen atoms in total. The molecule has 1 aliphatic heterocycles. The van der Waals surface area contributed by atoms with E-state index in [9.17, 15) is 18.8 Å². The minimum absolute atomic E-state index is 0.0340. The summed E-state index contributed by atoms with van der Waals surface area (Å²) in [7, 11) is 0. The molecule has 3 aromatic rings. The Hall–Kier alpha value is -4.06. The van der Waals surface area contributed by atoms with Gasteiger partial charge in [-0.3, -0.25) is 19.0 Å². The Bertz CT molecular complexity index is 1360. The first-order chi connectivity index (χ1) is 15.7. The molecular formula is C24H22FN5O3. The van der Waals surface area contributed by atoms with Gasteiger partial charge in [-0.15, -0.1) is 0 Å². The van der Waals surface area contributed by atoms with Crippen molar-refractivity contribution >= 4 is 22.8 Å². The second kappa shape index (κ2) is 8.47. The van der Waals surface area contributed by atoms with Crippen molar-refractivity contribution in [3.05, 3.63) is 75.5 Å². The zero-order valence-electron chi connectivity index (χ0n) is 18.3. The summed E-state index contributed by atoms with van der Waals surface area (Å²) < 4.78 is 15.0. The summed E-state index contributed by atoms with van der Waals surface area (Å²) >= 11 is 0. The molecule has 168 valence electrons. The number of nitrogens with zero attached hydrogens (tertiary/aromatic N) is 4. The third kappa shape index (κ3) is 4.46. The first-order valence-corrected chi connectivity index (χ1v) is 10.4. The fraction of sp³-hybridized carbons (Fsp3) is 0.292. The van der Waals surface area contributed by atoms with Crippen LogP contribution in [0.3, 0.4) is 0 Å². The van der Waals surface area contributed by atoms with Crippen molar-refractivity contribution in [1.82, 2.24) is 19.8 Å². The van der Waals surface area contributed by atoms with Gasteiger partial charge >= 0.3 is 0 Å². The van der Waals surface area contributed by atoms with Crippen molar-refractivity contribution in [3.8, 4) is 6.07 Å². The molecule has 0 saturated carbocycles. The number of nitriles is 1. The van der Waals surface area contributed by atoms with Crippen molar-refractivity contribution in [2.24, 2.45) is 5.41 Å². The third-order valence-corrected chi connectivity index (χ3v) is 5.58. The molecule has 1 aliphatic rings. The van der Waals surface area contributed by atoms with E-state index in [1.54, 1.807) is 23.1 Å². The second-order valence-corrected chi connectivity index (χ2v) is 8.89. The van der Waals surface area contributed by atoms with Crippen LogP contribution in [-0.4, -0.2) is 39.4 Å². The minimum Gasteiger partial charge on any atom is -0.348 e. The van der Waals surface area contributed by atoms with Crippen LogP contribution < -0.4 is 10.9 Å². The summed E-state index contributed by atoms with van der Waals surface area (Å²) in [6.07, 6.45) is 1.52. The summed E-state index contributed by atoms with van der Waals surface area (Å²) in [6, 6.07) is 10.6. The Kier molecular flexibility index (Phi) is 5.68. The summed E-state index contributed by atoms with van der Waals surface area (Å²) in [5.74, 6) is -1.55. The molecule has 0 unspecified atom stereocenters. The summed E-state index contributed by atoms with van der Waals surface area (Å²) in [6.45, 7) is 5.08. The van der Waals surface area contributed by atoms with Gasteiger partial charge < -0.3 is 10.2 Å². The fourth-order valence-electron chi connectivity index (χ4n) is 3.95. The number of hydrogen-bond acceptors (Lipinski definition) is 5. The van der Waals surface area contributed by atoms with E-state index in [-0.39, 0.29) is 35.5 Å². The van der Waals surface area contributed by atoms with Crippen LogP contribution in [-0.2, 0) is 17.9 Å². The van der Waals surface area contributed by atoms with Crippen LogP contribution in [0.15, 0.2) is 47.4 Å². The molecule has 1 fully saturated rings. The zero-order chi connectivity index (χ0) is 23.8. The van der Waals surface area contributed by atoms with Gasteiger partial charge in [-0.1, -0.05) is 19.9 Å². The number of benzene rings is 1. The Morgan fingerprint density at radius 1 is 1.24 bits per heavy atom. The predicted molar refractivity (Wildman–Crippen MR) is 119 cm³/mol. The number of rotatable bonds is 5. The average Bonchev–Trinajstić information content (AvgIpc) is 2.77. The quantitative estimate of drug-likeness (QED) is 0.645. The van der Waals surface area contributed by atoms with Crippen LogP contribution in [0, 0.1) is 22.6 Å². The summed E-state index contributed by atoms with van der Waals surface area (Å²) in [5, 5.41) is 12.0. The maximum atomic E-state index is 13.8. The van der Waals surface area contributed by atoms with E-state index >= 15 is 0 Å². The number of amides is 2. The highest BCUT2D eigenvalue weighted by molar-refractivity contribution is 5.97. The lowest BCUT2D eigenvalue weighted by molar-refractivity contribution is -0.142. The Balaban J connectivity index is 1.60. The fourth-order valence-corrected chi connectivity index (χ4v) is 3.95. The molecule has 4 rings (SSSR count). The molecule has 1 N–H and O–H groups in total. The highest BCUT2D eigenvalue weighted by Gasteiger charge is 2.37. The van der Waals surface area contributed by atoms with Gasteiger partial charge in [0, 0.05) is 31.2 Å². The lowest BCUT2D eigenvalue weighted by atomic mass is 9.84. The van der Waals surface area contributed by atoms with Gasteiger partial charge in [0.1, 0.15) is 29.6 Å². The topological polar surface area (TPSA) is 108 Å². The number of carbonyl (C=O) groups excluding carboxylic acids is 2. The maximum absolute atomic E-state index is 13.8. The highest BCUT2D eigenvalue weighted by Crippen LogP contribution is 2.28. The highest BCUT2D eigenvalue weighted by atomic mass is 19.1. The first-order valence-electron chi connectivity index (χ1n) is 10.4. The van der Waals surface area contributed by atoms with E-state index in [0.29, 0.717) is 29.7 Å². The van der Waals surface area contributed by atoms with Gasteiger partial charge in [0.25, 0.3) is 11.5 Å². The van der Waals surface area contributed by atoms with Gasteiger partial charge in [-0.05, 0) is 41.3 Å². The second-order valence-electron chi connectivity index (χ2n) is 8.89. The summed E-state index contributed by atoms with van der Waals surface area (Å²) in [5.41, 5.74) is -0.0443. The van der Waals surface area contributed by atoms with Gasteiger partial charge in [0.2, 0.25) is 5.91 Å². The lowest BCUT2D eigenvalue weighted by Gasteiger charge is -2.45. The van der Waals surface area contributed by atoms with Crippen LogP contribution in [0.5, 0.6) is 0 Å². The number of halogens is 1. The lowest BCUT2D eigenvalue weighted by Crippen LogP contribution is -2.56. The summed E-state index contributed by atoms with van der Waals surface area (Å²) in [4.78, 5) is 44.6.